The van der Waals surface area contributed by atoms with E-state index in [4.69, 9.17) is 21.3 Å². The number of carbonyl (C=O) groups excluding carboxylic acids is 1. The van der Waals surface area contributed by atoms with Crippen LogP contribution in [0.25, 0.3) is 16.6 Å². The molecule has 4 aromatic rings. The number of nitrogens with zero attached hydrogens (tertiary/aromatic N) is 8. The van der Waals surface area contributed by atoms with Crippen molar-refractivity contribution in [2.24, 2.45) is 0 Å². The number of carbonyl (C=O) groups is 1. The number of hydrogen-bond donors (Lipinski definition) is 1. The number of nitrogens with one attached hydrogen (secondary N) is 1. The fourth-order valence-electron chi connectivity index (χ4n) is 6.52. The van der Waals surface area contributed by atoms with E-state index in [-0.39, 0.29) is 25.1 Å². The molecule has 0 spiro atoms. The van der Waals surface area contributed by atoms with Crippen LogP contribution in [-0.2, 0) is 0 Å². The average Bonchev–Trinajstić information content (AvgIpc) is 3.42. The van der Waals surface area contributed by atoms with Crippen LogP contribution in [0.1, 0.15) is 49.2 Å². The van der Waals surface area contributed by atoms with Crippen molar-refractivity contribution in [3.05, 3.63) is 71.4 Å². The van der Waals surface area contributed by atoms with E-state index in [1.807, 2.05) is 31.3 Å². The molecule has 2 aliphatic rings. The van der Waals surface area contributed by atoms with Gasteiger partial charge in [0, 0.05) is 62.3 Å². The van der Waals surface area contributed by atoms with Crippen LogP contribution < -0.4 is 15.0 Å². The van der Waals surface area contributed by atoms with Crippen LogP contribution in [0.5, 0.6) is 5.75 Å². The number of hydrogen-bond acceptors (Lipinski definition) is 9. The summed E-state index contributed by atoms with van der Waals surface area (Å²) in [5.41, 5.74) is 2.76. The van der Waals surface area contributed by atoms with Gasteiger partial charge in [-0.15, -0.1) is 0 Å². The maximum absolute atomic E-state index is 13.5. The molecule has 0 aliphatic carbocycles. The number of amides is 1. The summed E-state index contributed by atoms with van der Waals surface area (Å²) in [4.78, 5) is 29.8. The van der Waals surface area contributed by atoms with Gasteiger partial charge in [-0.3, -0.25) is 9.69 Å². The summed E-state index contributed by atoms with van der Waals surface area (Å²) < 4.78 is 7.46. The number of piperidine rings is 1. The van der Waals surface area contributed by atoms with Gasteiger partial charge in [-0.1, -0.05) is 11.6 Å². The van der Waals surface area contributed by atoms with E-state index in [0.29, 0.717) is 29.0 Å². The number of pyridine rings is 3. The summed E-state index contributed by atoms with van der Waals surface area (Å²) in [5, 5.41) is 17.8. The van der Waals surface area contributed by atoms with Gasteiger partial charge >= 0.3 is 0 Å². The molecule has 2 saturated heterocycles. The zero-order chi connectivity index (χ0) is 32.3. The lowest BCUT2D eigenvalue weighted by molar-refractivity contribution is 0.0823. The van der Waals surface area contributed by atoms with Gasteiger partial charge in [0.1, 0.15) is 23.3 Å². The molecule has 6 rings (SSSR count). The lowest BCUT2D eigenvalue weighted by atomic mass is 9.86. The summed E-state index contributed by atoms with van der Waals surface area (Å²) in [6.07, 6.45) is 9.40. The number of aromatic nitrogens is 4. The standard InChI is InChI=1S/C34H40ClN9O2.H2S/c1-4-46-27-18-28(32-26(19-36)21-39-44(32)22-27)25-7-8-30(38-20-25)43-14-10-34(11-15-43,23-42-13-9-24(2)41(3)16-17-42)40-33(45)31-29(35)6-5-12-37-31;/h5-8,12,18,20-22,24H,4,9-11,13-17,23H2,1-3H3,(H,40,45);1H2/t24-;/m0./s1. The first-order valence-corrected chi connectivity index (χ1v) is 16.3. The number of fused-ring (bicyclic) bond motifs is 1. The quantitative estimate of drug-likeness (QED) is 0.286. The summed E-state index contributed by atoms with van der Waals surface area (Å²) in [7, 11) is 2.18. The summed E-state index contributed by atoms with van der Waals surface area (Å²) in [6.45, 7) is 9.91. The van der Waals surface area contributed by atoms with Gasteiger partial charge in [-0.2, -0.15) is 23.9 Å². The average molecular weight is 676 g/mol. The van der Waals surface area contributed by atoms with Crippen molar-refractivity contribution >= 4 is 42.3 Å². The molecule has 1 N–H and O–H groups in total. The lowest BCUT2D eigenvalue weighted by Gasteiger charge is -2.45. The van der Waals surface area contributed by atoms with Crippen LogP contribution in [0.3, 0.4) is 0 Å². The van der Waals surface area contributed by atoms with Gasteiger partial charge in [-0.25, -0.2) is 14.5 Å². The third kappa shape index (κ3) is 7.49. The van der Waals surface area contributed by atoms with Crippen LogP contribution in [0.2, 0.25) is 5.02 Å². The highest BCUT2D eigenvalue weighted by molar-refractivity contribution is 7.59. The molecule has 0 bridgehead atoms. The number of ether oxygens (including phenoxy) is 1. The monoisotopic (exact) mass is 675 g/mol. The Balaban J connectivity index is 0.00000433. The highest BCUT2D eigenvalue weighted by atomic mass is 35.5. The predicted molar refractivity (Wildman–Crippen MR) is 189 cm³/mol. The molecule has 6 heterocycles. The first kappa shape index (κ1) is 34.4. The molecule has 4 aromatic heterocycles. The Kier molecular flexibility index (Phi) is 10.9. The minimum atomic E-state index is -0.429. The Morgan fingerprint density at radius 2 is 1.96 bits per heavy atom. The van der Waals surface area contributed by atoms with Gasteiger partial charge in [-0.05, 0) is 77.0 Å². The predicted octanol–water partition coefficient (Wildman–Crippen LogP) is 4.62. The van der Waals surface area contributed by atoms with E-state index >= 15 is 0 Å². The van der Waals surface area contributed by atoms with Gasteiger partial charge in [0.25, 0.3) is 5.91 Å². The van der Waals surface area contributed by atoms with Crippen LogP contribution in [0.4, 0.5) is 5.82 Å². The highest BCUT2D eigenvalue weighted by Gasteiger charge is 2.39. The van der Waals surface area contributed by atoms with E-state index in [1.54, 1.807) is 35.2 Å². The molecule has 11 nitrogen and oxygen atoms in total. The molecule has 248 valence electrons. The molecule has 0 aromatic carbocycles. The first-order valence-electron chi connectivity index (χ1n) is 15.9. The second-order valence-corrected chi connectivity index (χ2v) is 12.7. The van der Waals surface area contributed by atoms with Crippen molar-refractivity contribution in [3.63, 3.8) is 0 Å². The van der Waals surface area contributed by atoms with Gasteiger partial charge < -0.3 is 19.9 Å². The van der Waals surface area contributed by atoms with E-state index in [9.17, 15) is 10.1 Å². The molecule has 0 unspecified atom stereocenters. The Morgan fingerprint density at radius 1 is 1.15 bits per heavy atom. The van der Waals surface area contributed by atoms with Crippen LogP contribution in [0.15, 0.2) is 55.1 Å². The third-order valence-electron chi connectivity index (χ3n) is 9.38. The van der Waals surface area contributed by atoms with Crippen LogP contribution >= 0.6 is 25.1 Å². The molecule has 0 saturated carbocycles. The second-order valence-electron chi connectivity index (χ2n) is 12.3. The van der Waals surface area contributed by atoms with E-state index < -0.39 is 5.54 Å². The van der Waals surface area contributed by atoms with E-state index in [1.165, 1.54) is 0 Å². The molecular formula is C34H42ClN9O2S. The Morgan fingerprint density at radius 3 is 2.66 bits per heavy atom. The number of rotatable bonds is 8. The lowest BCUT2D eigenvalue weighted by Crippen LogP contribution is -2.61. The highest BCUT2D eigenvalue weighted by Crippen LogP contribution is 2.33. The fraction of sp³-hybridized carbons (Fsp3) is 0.441. The SMILES string of the molecule is CCOc1cc(-c2ccc(N3CCC(CN4CC[C@H](C)N(C)CC4)(NC(=O)c4ncccc4Cl)CC3)nc2)c2c(C#N)cnn2c1.S. The zero-order valence-electron chi connectivity index (χ0n) is 27.1. The van der Waals surface area contributed by atoms with Crippen molar-refractivity contribution in [2.45, 2.75) is 44.7 Å². The molecule has 1 atom stereocenters. The Labute approximate surface area is 287 Å². The fourth-order valence-corrected chi connectivity index (χ4v) is 6.73. The third-order valence-corrected chi connectivity index (χ3v) is 9.69. The molecule has 2 aliphatic heterocycles. The van der Waals surface area contributed by atoms with Crippen molar-refractivity contribution in [1.29, 1.82) is 5.26 Å². The minimum absolute atomic E-state index is 0. The topological polar surface area (TPSA) is 115 Å². The second kappa shape index (κ2) is 14.9. The minimum Gasteiger partial charge on any atom is -0.492 e. The molecule has 13 heteroatoms. The maximum atomic E-state index is 13.5. The van der Waals surface area contributed by atoms with Gasteiger partial charge in [0.05, 0.1) is 40.6 Å². The number of halogens is 1. The summed E-state index contributed by atoms with van der Waals surface area (Å²) >= 11 is 6.37. The van der Waals surface area contributed by atoms with E-state index in [0.717, 1.165) is 81.0 Å². The molecule has 1 amide bonds. The normalized spacial score (nSPS) is 18.6. The molecule has 0 radical (unpaired) electrons. The zero-order valence-corrected chi connectivity index (χ0v) is 28.9. The first-order chi connectivity index (χ1) is 22.3. The molecular weight excluding hydrogens is 634 g/mol. The number of likely N-dealkylation sites (N-methyl/N-ethyl adjacent to an activating group) is 1. The Hall–Kier alpha value is -3.89. The van der Waals surface area contributed by atoms with E-state index in [2.05, 4.69) is 50.1 Å². The van der Waals surface area contributed by atoms with Gasteiger partial charge in [0.15, 0.2) is 0 Å². The van der Waals surface area contributed by atoms with Crippen molar-refractivity contribution in [2.75, 3.05) is 57.8 Å². The van der Waals surface area contributed by atoms with Crippen molar-refractivity contribution < 1.29 is 9.53 Å². The summed E-state index contributed by atoms with van der Waals surface area (Å²) in [5.74, 6) is 1.31. The maximum Gasteiger partial charge on any atom is 0.271 e. The molecule has 2 fully saturated rings. The van der Waals surface area contributed by atoms with Crippen molar-refractivity contribution in [1.82, 2.24) is 34.7 Å². The summed E-state index contributed by atoms with van der Waals surface area (Å²) in [6, 6.07) is 12.2. The number of anilines is 1. The molecule has 47 heavy (non-hydrogen) atoms. The van der Waals surface area contributed by atoms with Crippen molar-refractivity contribution in [3.8, 4) is 22.9 Å². The Bertz CT molecular complexity index is 1720. The smallest absolute Gasteiger partial charge is 0.271 e. The number of nitriles is 1. The van der Waals surface area contributed by atoms with Crippen LogP contribution in [-0.4, -0.2) is 99.8 Å². The van der Waals surface area contributed by atoms with Gasteiger partial charge in [0.2, 0.25) is 0 Å². The van der Waals surface area contributed by atoms with Crippen LogP contribution in [0, 0.1) is 11.3 Å². The largest absolute Gasteiger partial charge is 0.492 e.